The number of benzene rings is 2. The van der Waals surface area contributed by atoms with Gasteiger partial charge in [-0.3, -0.25) is 14.2 Å². The molecule has 30 heavy (non-hydrogen) atoms. The SMILES string of the molecule is Cc1ccc(-c2nc(COC(=O)CCn3cnc4c(C)cccc4c3=O)co2)cc1. The summed E-state index contributed by atoms with van der Waals surface area (Å²) in [6.07, 6.45) is 3.00. The van der Waals surface area contributed by atoms with Crippen molar-refractivity contribution in [3.8, 4) is 11.5 Å². The van der Waals surface area contributed by atoms with Crippen molar-refractivity contribution in [1.82, 2.24) is 14.5 Å². The Hall–Kier alpha value is -3.74. The Morgan fingerprint density at radius 3 is 2.73 bits per heavy atom. The van der Waals surface area contributed by atoms with Gasteiger partial charge >= 0.3 is 5.97 Å². The Kier molecular flexibility index (Phi) is 5.43. The molecule has 0 N–H and O–H groups in total. The fourth-order valence-electron chi connectivity index (χ4n) is 3.14. The lowest BCUT2D eigenvalue weighted by Gasteiger charge is -2.07. The van der Waals surface area contributed by atoms with E-state index < -0.39 is 5.97 Å². The number of nitrogens with zero attached hydrogens (tertiary/aromatic N) is 3. The number of carbonyl (C=O) groups is 1. The van der Waals surface area contributed by atoms with E-state index in [0.29, 0.717) is 22.5 Å². The molecule has 0 amide bonds. The number of esters is 1. The number of aryl methyl sites for hydroxylation is 3. The van der Waals surface area contributed by atoms with Gasteiger partial charge < -0.3 is 9.15 Å². The lowest BCUT2D eigenvalue weighted by molar-refractivity contribution is -0.145. The van der Waals surface area contributed by atoms with Gasteiger partial charge in [-0.05, 0) is 37.6 Å². The summed E-state index contributed by atoms with van der Waals surface area (Å²) in [5.41, 5.74) is 3.98. The first-order chi connectivity index (χ1) is 14.5. The van der Waals surface area contributed by atoms with Crippen LogP contribution in [0.3, 0.4) is 0 Å². The summed E-state index contributed by atoms with van der Waals surface area (Å²) >= 11 is 0. The average molecular weight is 403 g/mol. The van der Waals surface area contributed by atoms with E-state index in [0.717, 1.165) is 16.7 Å². The van der Waals surface area contributed by atoms with Gasteiger partial charge in [-0.2, -0.15) is 0 Å². The second-order valence-electron chi connectivity index (χ2n) is 7.13. The molecule has 0 aliphatic rings. The fraction of sp³-hybridized carbons (Fsp3) is 0.217. The van der Waals surface area contributed by atoms with E-state index >= 15 is 0 Å². The molecule has 4 rings (SSSR count). The Bertz CT molecular complexity index is 1260. The molecule has 2 heterocycles. The summed E-state index contributed by atoms with van der Waals surface area (Å²) in [5.74, 6) is 0.0521. The van der Waals surface area contributed by atoms with Crippen LogP contribution in [0.4, 0.5) is 0 Å². The van der Waals surface area contributed by atoms with Crippen LogP contribution in [-0.4, -0.2) is 20.5 Å². The molecule has 7 nitrogen and oxygen atoms in total. The molecule has 152 valence electrons. The predicted molar refractivity (Wildman–Crippen MR) is 112 cm³/mol. The molecule has 0 aliphatic heterocycles. The van der Waals surface area contributed by atoms with Crippen LogP contribution >= 0.6 is 0 Å². The molecule has 0 saturated carbocycles. The maximum Gasteiger partial charge on any atom is 0.307 e. The van der Waals surface area contributed by atoms with E-state index in [4.69, 9.17) is 9.15 Å². The van der Waals surface area contributed by atoms with Crippen LogP contribution in [0.2, 0.25) is 0 Å². The van der Waals surface area contributed by atoms with Crippen LogP contribution in [-0.2, 0) is 22.7 Å². The van der Waals surface area contributed by atoms with E-state index in [1.54, 1.807) is 6.07 Å². The fourth-order valence-corrected chi connectivity index (χ4v) is 3.14. The number of hydrogen-bond acceptors (Lipinski definition) is 6. The first-order valence-corrected chi connectivity index (χ1v) is 9.63. The quantitative estimate of drug-likeness (QED) is 0.455. The monoisotopic (exact) mass is 403 g/mol. The molecule has 2 aromatic heterocycles. The molecule has 0 saturated heterocycles. The lowest BCUT2D eigenvalue weighted by Crippen LogP contribution is -2.22. The molecule has 0 bridgehead atoms. The third-order valence-electron chi connectivity index (χ3n) is 4.84. The molecule has 7 heteroatoms. The van der Waals surface area contributed by atoms with Crippen LogP contribution in [0.5, 0.6) is 0 Å². The lowest BCUT2D eigenvalue weighted by atomic mass is 10.1. The van der Waals surface area contributed by atoms with Gasteiger partial charge in [0.2, 0.25) is 5.89 Å². The van der Waals surface area contributed by atoms with Crippen molar-refractivity contribution in [2.45, 2.75) is 33.4 Å². The van der Waals surface area contributed by atoms with Crippen molar-refractivity contribution < 1.29 is 13.9 Å². The minimum Gasteiger partial charge on any atom is -0.459 e. The molecule has 0 radical (unpaired) electrons. The second kappa shape index (κ2) is 8.32. The van der Waals surface area contributed by atoms with Gasteiger partial charge in [0, 0.05) is 12.1 Å². The van der Waals surface area contributed by atoms with Crippen molar-refractivity contribution in [1.29, 1.82) is 0 Å². The Labute approximate surface area is 173 Å². The first-order valence-electron chi connectivity index (χ1n) is 9.63. The molecule has 0 atom stereocenters. The Balaban J connectivity index is 1.35. The molecular formula is C23H21N3O4. The highest BCUT2D eigenvalue weighted by Crippen LogP contribution is 2.19. The second-order valence-corrected chi connectivity index (χ2v) is 7.13. The van der Waals surface area contributed by atoms with Gasteiger partial charge in [-0.15, -0.1) is 0 Å². The minimum absolute atomic E-state index is 0.0122. The molecule has 4 aromatic rings. The van der Waals surface area contributed by atoms with Crippen LogP contribution in [0, 0.1) is 13.8 Å². The number of hydrogen-bond donors (Lipinski definition) is 0. The zero-order valence-corrected chi connectivity index (χ0v) is 16.8. The van der Waals surface area contributed by atoms with Gasteiger partial charge in [-0.1, -0.05) is 29.8 Å². The standard InChI is InChI=1S/C23H21N3O4/c1-15-6-8-17(9-7-15)22-25-18(13-30-22)12-29-20(27)10-11-26-14-24-21-16(2)4-3-5-19(21)23(26)28/h3-9,13-14H,10-12H2,1-2H3. The maximum absolute atomic E-state index is 12.6. The molecule has 2 aromatic carbocycles. The number of aromatic nitrogens is 3. The van der Waals surface area contributed by atoms with E-state index in [2.05, 4.69) is 9.97 Å². The Morgan fingerprint density at radius 2 is 1.93 bits per heavy atom. The maximum atomic E-state index is 12.6. The number of rotatable bonds is 6. The minimum atomic E-state index is -0.425. The highest BCUT2D eigenvalue weighted by Gasteiger charge is 2.11. The van der Waals surface area contributed by atoms with Crippen molar-refractivity contribution >= 4 is 16.9 Å². The van der Waals surface area contributed by atoms with Gasteiger partial charge in [0.25, 0.3) is 5.56 Å². The van der Waals surface area contributed by atoms with Crippen molar-refractivity contribution in [2.24, 2.45) is 0 Å². The summed E-state index contributed by atoms with van der Waals surface area (Å²) in [6.45, 7) is 4.12. The van der Waals surface area contributed by atoms with Crippen LogP contribution in [0.1, 0.15) is 23.2 Å². The van der Waals surface area contributed by atoms with E-state index in [1.165, 1.54) is 17.2 Å². The zero-order chi connectivity index (χ0) is 21.1. The Morgan fingerprint density at radius 1 is 1.13 bits per heavy atom. The summed E-state index contributed by atoms with van der Waals surface area (Å²) < 4.78 is 12.2. The first kappa shape index (κ1) is 19.6. The number of para-hydroxylation sites is 1. The topological polar surface area (TPSA) is 87.2 Å². The number of fused-ring (bicyclic) bond motifs is 1. The number of ether oxygens (including phenoxy) is 1. The van der Waals surface area contributed by atoms with E-state index in [-0.39, 0.29) is 25.1 Å². The summed E-state index contributed by atoms with van der Waals surface area (Å²) in [4.78, 5) is 33.4. The van der Waals surface area contributed by atoms with E-state index in [9.17, 15) is 9.59 Å². The van der Waals surface area contributed by atoms with Gasteiger partial charge in [-0.25, -0.2) is 9.97 Å². The largest absolute Gasteiger partial charge is 0.459 e. The van der Waals surface area contributed by atoms with Gasteiger partial charge in [0.05, 0.1) is 23.7 Å². The molecule has 0 aliphatic carbocycles. The van der Waals surface area contributed by atoms with Gasteiger partial charge in [0.15, 0.2) is 0 Å². The van der Waals surface area contributed by atoms with Crippen LogP contribution in [0.15, 0.2) is 64.3 Å². The van der Waals surface area contributed by atoms with Crippen molar-refractivity contribution in [2.75, 3.05) is 0 Å². The molecule has 0 fully saturated rings. The predicted octanol–water partition coefficient (Wildman–Crippen LogP) is 3.80. The summed E-state index contributed by atoms with van der Waals surface area (Å²) in [6, 6.07) is 13.3. The van der Waals surface area contributed by atoms with Gasteiger partial charge in [0.1, 0.15) is 18.6 Å². The molecule has 0 unspecified atom stereocenters. The van der Waals surface area contributed by atoms with Crippen LogP contribution < -0.4 is 5.56 Å². The van der Waals surface area contributed by atoms with E-state index in [1.807, 2.05) is 50.2 Å². The smallest absolute Gasteiger partial charge is 0.307 e. The summed E-state index contributed by atoms with van der Waals surface area (Å²) in [5, 5.41) is 0.539. The van der Waals surface area contributed by atoms with Crippen LogP contribution in [0.25, 0.3) is 22.4 Å². The van der Waals surface area contributed by atoms with Crippen molar-refractivity contribution in [3.05, 3.63) is 82.2 Å². The number of oxazole rings is 1. The average Bonchev–Trinajstić information content (AvgIpc) is 3.22. The normalized spacial score (nSPS) is 11.0. The molecule has 0 spiro atoms. The summed E-state index contributed by atoms with van der Waals surface area (Å²) in [7, 11) is 0. The molecular weight excluding hydrogens is 382 g/mol. The third kappa shape index (κ3) is 4.15. The third-order valence-corrected chi connectivity index (χ3v) is 4.84. The van der Waals surface area contributed by atoms with Crippen molar-refractivity contribution in [3.63, 3.8) is 0 Å². The number of carbonyl (C=O) groups excluding carboxylic acids is 1. The highest BCUT2D eigenvalue weighted by molar-refractivity contribution is 5.80. The highest BCUT2D eigenvalue weighted by atomic mass is 16.5. The zero-order valence-electron chi connectivity index (χ0n) is 16.8.